The highest BCUT2D eigenvalue weighted by molar-refractivity contribution is 5.95. The van der Waals surface area contributed by atoms with E-state index in [0.717, 1.165) is 0 Å². The van der Waals surface area contributed by atoms with Crippen molar-refractivity contribution in [3.63, 3.8) is 0 Å². The first kappa shape index (κ1) is 30.1. The Morgan fingerprint density at radius 3 is 1.82 bits per heavy atom. The molecule has 7 rings (SSSR count). The summed E-state index contributed by atoms with van der Waals surface area (Å²) in [5.74, 6) is -2.02. The fourth-order valence-electron chi connectivity index (χ4n) is 8.69. The number of fused-ring (bicyclic) bond motifs is 7. The van der Waals surface area contributed by atoms with Crippen LogP contribution < -0.4 is 10.1 Å². The zero-order valence-corrected chi connectivity index (χ0v) is 27.0. The molecule has 4 bridgehead atoms. The number of aliphatic hydroxyl groups is 1. The zero-order chi connectivity index (χ0) is 32.8. The monoisotopic (exact) mass is 623 g/mol. The summed E-state index contributed by atoms with van der Waals surface area (Å²) in [6.07, 6.45) is 1.29. The van der Waals surface area contributed by atoms with Gasteiger partial charge in [0, 0.05) is 10.8 Å². The van der Waals surface area contributed by atoms with Crippen LogP contribution in [0.5, 0.6) is 5.75 Å². The summed E-state index contributed by atoms with van der Waals surface area (Å²) < 4.78 is 30.8. The minimum absolute atomic E-state index is 0.281. The molecular weight excluding hydrogens is 582 g/mol. The zero-order valence-electron chi connectivity index (χ0n) is 27.0. The highest BCUT2D eigenvalue weighted by Gasteiger charge is 2.78. The third kappa shape index (κ3) is 3.35. The van der Waals surface area contributed by atoms with Gasteiger partial charge in [-0.05, 0) is 77.2 Å². The summed E-state index contributed by atoms with van der Waals surface area (Å²) in [6, 6.07) is 3.55. The number of nitrogens with one attached hydrogen (secondary N) is 1. The Kier molecular flexibility index (Phi) is 5.75. The second kappa shape index (κ2) is 8.60. The molecule has 1 aromatic rings. The lowest BCUT2D eigenvalue weighted by atomic mass is 9.66. The summed E-state index contributed by atoms with van der Waals surface area (Å²) in [5.41, 5.74) is -6.28. The molecule has 0 aromatic heterocycles. The summed E-state index contributed by atoms with van der Waals surface area (Å²) in [6.45, 7) is 14.4. The van der Waals surface area contributed by atoms with E-state index in [0.29, 0.717) is 35.4 Å². The van der Waals surface area contributed by atoms with Crippen molar-refractivity contribution in [2.24, 2.45) is 21.7 Å². The standard InChI is InChI=1S/C34H41NO10/c1-28(2)23(42-27(40)34-16-14-32(8,25(38)45-34)30(34,5)6)22(20-18(43-28)11-9-17-10-12-19(36)35-21(17)20)41-26(39)33-15-13-31(7,24(37)44-33)29(33,3)4/h9-12,19,22-23,35-36H,13-16H2,1-8H3. The van der Waals surface area contributed by atoms with E-state index >= 15 is 0 Å². The summed E-state index contributed by atoms with van der Waals surface area (Å²) in [7, 11) is 0. The van der Waals surface area contributed by atoms with Gasteiger partial charge < -0.3 is 34.1 Å². The molecule has 7 unspecified atom stereocenters. The van der Waals surface area contributed by atoms with Crippen molar-refractivity contribution in [1.82, 2.24) is 0 Å². The second-order valence-corrected chi connectivity index (χ2v) is 15.6. The maximum Gasteiger partial charge on any atom is 0.351 e. The molecule has 11 heteroatoms. The van der Waals surface area contributed by atoms with Crippen LogP contribution in [0, 0.1) is 21.7 Å². The Hall–Kier alpha value is -3.60. The predicted octanol–water partition coefficient (Wildman–Crippen LogP) is 4.35. The van der Waals surface area contributed by atoms with Crippen molar-refractivity contribution < 1.29 is 48.0 Å². The SMILES string of the molecule is CC1(C)Oc2ccc3c(c2C(OC(=O)C24CCC(C)(C(=O)O2)C4(C)C)C1OC(=O)C12CCC(C)(C(=O)O1)C2(C)C)NC(O)C=C3. The van der Waals surface area contributed by atoms with Crippen LogP contribution in [0.4, 0.5) is 5.69 Å². The van der Waals surface area contributed by atoms with Crippen molar-refractivity contribution in [3.8, 4) is 5.75 Å². The number of ether oxygens (including phenoxy) is 5. The van der Waals surface area contributed by atoms with Gasteiger partial charge in [-0.2, -0.15) is 0 Å². The van der Waals surface area contributed by atoms with Crippen LogP contribution in [0.1, 0.15) is 98.3 Å². The number of hydrogen-bond donors (Lipinski definition) is 2. The smallest absolute Gasteiger partial charge is 0.351 e. The van der Waals surface area contributed by atoms with E-state index in [1.54, 1.807) is 32.1 Å². The normalized spacial score (nSPS) is 40.4. The van der Waals surface area contributed by atoms with Crippen LogP contribution in [-0.2, 0) is 38.1 Å². The number of rotatable bonds is 4. The van der Waals surface area contributed by atoms with Gasteiger partial charge in [0.1, 0.15) is 17.6 Å². The number of benzene rings is 1. The molecule has 2 N–H and O–H groups in total. The Morgan fingerprint density at radius 1 is 0.800 bits per heavy atom. The number of carbonyl (C=O) groups excluding carboxylic acids is 4. The molecule has 0 amide bonds. The molecule has 2 saturated carbocycles. The molecule has 11 nitrogen and oxygen atoms in total. The molecule has 1 aromatic carbocycles. The molecule has 242 valence electrons. The first-order valence-corrected chi connectivity index (χ1v) is 15.7. The number of anilines is 1. The third-order valence-electron chi connectivity index (χ3n) is 12.9. The maximum absolute atomic E-state index is 14.4. The fraction of sp³-hybridized carbons (Fsp3) is 0.647. The van der Waals surface area contributed by atoms with Crippen molar-refractivity contribution in [3.05, 3.63) is 29.3 Å². The number of hydrogen-bond acceptors (Lipinski definition) is 11. The van der Waals surface area contributed by atoms with Gasteiger partial charge in [0.2, 0.25) is 11.2 Å². The minimum Gasteiger partial charge on any atom is -0.483 e. The quantitative estimate of drug-likeness (QED) is 0.364. The highest BCUT2D eigenvalue weighted by Crippen LogP contribution is 2.67. The fourth-order valence-corrected chi connectivity index (χ4v) is 8.69. The Morgan fingerprint density at radius 2 is 1.33 bits per heavy atom. The summed E-state index contributed by atoms with van der Waals surface area (Å²) in [4.78, 5) is 54.8. The van der Waals surface area contributed by atoms with Crippen molar-refractivity contribution >= 4 is 35.6 Å². The van der Waals surface area contributed by atoms with Crippen LogP contribution >= 0.6 is 0 Å². The van der Waals surface area contributed by atoms with Gasteiger partial charge in [-0.3, -0.25) is 9.59 Å². The first-order valence-electron chi connectivity index (χ1n) is 15.7. The lowest BCUT2D eigenvalue weighted by Crippen LogP contribution is -2.58. The molecule has 0 spiro atoms. The van der Waals surface area contributed by atoms with Crippen LogP contribution in [0.2, 0.25) is 0 Å². The average Bonchev–Trinajstić information content (AvgIpc) is 3.42. The predicted molar refractivity (Wildman–Crippen MR) is 158 cm³/mol. The molecule has 0 radical (unpaired) electrons. The van der Waals surface area contributed by atoms with Gasteiger partial charge >= 0.3 is 23.9 Å². The van der Waals surface area contributed by atoms with Crippen LogP contribution in [0.25, 0.3) is 6.08 Å². The second-order valence-electron chi connectivity index (χ2n) is 15.6. The Labute approximate surface area is 261 Å². The molecule has 7 atom stereocenters. The number of esters is 4. The third-order valence-corrected chi connectivity index (χ3v) is 12.9. The van der Waals surface area contributed by atoms with E-state index in [-0.39, 0.29) is 12.8 Å². The number of carbonyl (C=O) groups is 4. The van der Waals surface area contributed by atoms with Gasteiger partial charge in [0.25, 0.3) is 0 Å². The summed E-state index contributed by atoms with van der Waals surface area (Å²) in [5, 5.41) is 13.5. The first-order chi connectivity index (χ1) is 20.8. The van der Waals surface area contributed by atoms with Gasteiger partial charge in [-0.15, -0.1) is 0 Å². The van der Waals surface area contributed by atoms with Crippen LogP contribution in [0.3, 0.4) is 0 Å². The van der Waals surface area contributed by atoms with E-state index < -0.39 is 80.8 Å². The lowest BCUT2D eigenvalue weighted by molar-refractivity contribution is -0.217. The minimum atomic E-state index is -1.55. The highest BCUT2D eigenvalue weighted by atomic mass is 16.7. The Bertz CT molecular complexity index is 1610. The van der Waals surface area contributed by atoms with Crippen molar-refractivity contribution in [2.45, 2.75) is 116 Å². The molecule has 6 aliphatic rings. The van der Waals surface area contributed by atoms with Crippen LogP contribution in [0.15, 0.2) is 18.2 Å². The van der Waals surface area contributed by atoms with Crippen LogP contribution in [-0.4, -0.2) is 58.1 Å². The molecule has 2 aliphatic carbocycles. The van der Waals surface area contributed by atoms with E-state index in [1.807, 2.05) is 47.6 Å². The lowest BCUT2D eigenvalue weighted by Gasteiger charge is -2.46. The molecule has 4 aliphatic heterocycles. The molecule has 2 saturated heterocycles. The molecule has 45 heavy (non-hydrogen) atoms. The molecular formula is C34H41NO10. The maximum atomic E-state index is 14.4. The molecule has 4 heterocycles. The number of aliphatic hydroxyl groups excluding tert-OH is 1. The van der Waals surface area contributed by atoms with E-state index in [2.05, 4.69) is 5.32 Å². The topological polar surface area (TPSA) is 147 Å². The van der Waals surface area contributed by atoms with Gasteiger partial charge in [0.15, 0.2) is 12.2 Å². The van der Waals surface area contributed by atoms with E-state index in [4.69, 9.17) is 23.7 Å². The van der Waals surface area contributed by atoms with Crippen molar-refractivity contribution in [1.29, 1.82) is 0 Å². The Balaban J connectivity index is 1.33. The summed E-state index contributed by atoms with van der Waals surface area (Å²) >= 11 is 0. The molecule has 4 fully saturated rings. The average molecular weight is 624 g/mol. The largest absolute Gasteiger partial charge is 0.483 e. The van der Waals surface area contributed by atoms with E-state index in [1.165, 1.54) is 0 Å². The van der Waals surface area contributed by atoms with Crippen molar-refractivity contribution in [2.75, 3.05) is 5.32 Å². The van der Waals surface area contributed by atoms with Gasteiger partial charge in [-0.25, -0.2) is 9.59 Å². The van der Waals surface area contributed by atoms with E-state index in [9.17, 15) is 24.3 Å². The van der Waals surface area contributed by atoms with Gasteiger partial charge in [-0.1, -0.05) is 33.8 Å². The van der Waals surface area contributed by atoms with Gasteiger partial charge in [0.05, 0.1) is 22.1 Å².